The zero-order valence-electron chi connectivity index (χ0n) is 17.1. The number of benzene rings is 1. The van der Waals surface area contributed by atoms with E-state index in [1.807, 2.05) is 12.1 Å². The van der Waals surface area contributed by atoms with Crippen molar-refractivity contribution in [3.63, 3.8) is 0 Å². The molecule has 0 radical (unpaired) electrons. The normalized spacial score (nSPS) is 20.6. The van der Waals surface area contributed by atoms with E-state index in [0.29, 0.717) is 5.92 Å². The summed E-state index contributed by atoms with van der Waals surface area (Å²) >= 11 is 0. The van der Waals surface area contributed by atoms with Crippen LogP contribution in [0.4, 0.5) is 0 Å². The van der Waals surface area contributed by atoms with Gasteiger partial charge in [-0.25, -0.2) is 9.97 Å². The van der Waals surface area contributed by atoms with Crippen molar-refractivity contribution < 1.29 is 9.47 Å². The molecule has 6 heteroatoms. The van der Waals surface area contributed by atoms with Gasteiger partial charge in [0, 0.05) is 67.6 Å². The van der Waals surface area contributed by atoms with E-state index in [1.54, 1.807) is 14.2 Å². The van der Waals surface area contributed by atoms with Crippen LogP contribution in [0.25, 0.3) is 0 Å². The Morgan fingerprint density at radius 3 is 2.89 bits per heavy atom. The quantitative estimate of drug-likeness (QED) is 0.793. The monoisotopic (exact) mass is 382 g/mol. The number of hydrogen-bond acceptors (Lipinski definition) is 6. The maximum atomic E-state index is 5.58. The molecular weight excluding hydrogens is 352 g/mol. The van der Waals surface area contributed by atoms with Crippen LogP contribution < -0.4 is 9.47 Å². The highest BCUT2D eigenvalue weighted by molar-refractivity contribution is 5.40. The van der Waals surface area contributed by atoms with Gasteiger partial charge >= 0.3 is 0 Å². The van der Waals surface area contributed by atoms with Crippen molar-refractivity contribution in [2.75, 3.05) is 40.9 Å². The van der Waals surface area contributed by atoms with Crippen molar-refractivity contribution in [1.82, 2.24) is 19.8 Å². The number of likely N-dealkylation sites (N-methyl/N-ethyl adjacent to an activating group) is 1. The van der Waals surface area contributed by atoms with Gasteiger partial charge in [0.25, 0.3) is 0 Å². The first-order chi connectivity index (χ1) is 13.7. The maximum Gasteiger partial charge on any atom is 0.132 e. The molecular formula is C22H30N4O2. The van der Waals surface area contributed by atoms with Gasteiger partial charge < -0.3 is 14.4 Å². The molecule has 0 spiro atoms. The predicted molar refractivity (Wildman–Crippen MR) is 109 cm³/mol. The number of piperidine rings is 1. The number of nitrogens with zero attached hydrogens (tertiary/aromatic N) is 4. The fraction of sp³-hybridized carbons (Fsp3) is 0.545. The Bertz CT molecular complexity index is 826. The van der Waals surface area contributed by atoms with Crippen LogP contribution in [0, 0.1) is 0 Å². The SMILES string of the molecule is COc1ccc(CN2CCC[C@H](c3ncc4c(n3)CCN(C)C4)C2)c(OC)c1. The smallest absolute Gasteiger partial charge is 0.132 e. The van der Waals surface area contributed by atoms with Crippen molar-refractivity contribution >= 4 is 0 Å². The number of aromatic nitrogens is 2. The lowest BCUT2D eigenvalue weighted by atomic mass is 9.96. The molecule has 0 N–H and O–H groups in total. The minimum atomic E-state index is 0.406. The van der Waals surface area contributed by atoms with Crippen molar-refractivity contribution in [1.29, 1.82) is 0 Å². The van der Waals surface area contributed by atoms with Gasteiger partial charge in [0.15, 0.2) is 0 Å². The molecule has 1 saturated heterocycles. The van der Waals surface area contributed by atoms with E-state index >= 15 is 0 Å². The van der Waals surface area contributed by atoms with Gasteiger partial charge in [-0.05, 0) is 32.5 Å². The average molecular weight is 383 g/mol. The van der Waals surface area contributed by atoms with Gasteiger partial charge in [-0.1, -0.05) is 6.07 Å². The third-order valence-electron chi connectivity index (χ3n) is 5.90. The lowest BCUT2D eigenvalue weighted by molar-refractivity contribution is 0.194. The summed E-state index contributed by atoms with van der Waals surface area (Å²) in [5, 5.41) is 0. The summed E-state index contributed by atoms with van der Waals surface area (Å²) in [6, 6.07) is 6.07. The largest absolute Gasteiger partial charge is 0.497 e. The van der Waals surface area contributed by atoms with Crippen LogP contribution in [0.5, 0.6) is 11.5 Å². The van der Waals surface area contributed by atoms with Gasteiger partial charge in [0.05, 0.1) is 14.2 Å². The minimum absolute atomic E-state index is 0.406. The first-order valence-corrected chi connectivity index (χ1v) is 10.1. The highest BCUT2D eigenvalue weighted by Crippen LogP contribution is 2.30. The summed E-state index contributed by atoms with van der Waals surface area (Å²) < 4.78 is 10.9. The second kappa shape index (κ2) is 8.45. The molecule has 2 aromatic rings. The second-order valence-electron chi connectivity index (χ2n) is 7.94. The molecule has 4 rings (SSSR count). The topological polar surface area (TPSA) is 50.7 Å². The summed E-state index contributed by atoms with van der Waals surface area (Å²) in [6.07, 6.45) is 5.42. The fourth-order valence-corrected chi connectivity index (χ4v) is 4.30. The molecule has 150 valence electrons. The third-order valence-corrected chi connectivity index (χ3v) is 5.90. The highest BCUT2D eigenvalue weighted by Gasteiger charge is 2.26. The molecule has 1 aromatic heterocycles. The van der Waals surface area contributed by atoms with Gasteiger partial charge in [0.1, 0.15) is 17.3 Å². The van der Waals surface area contributed by atoms with Crippen LogP contribution in [-0.4, -0.2) is 60.7 Å². The molecule has 28 heavy (non-hydrogen) atoms. The van der Waals surface area contributed by atoms with Crippen LogP contribution in [-0.2, 0) is 19.5 Å². The third kappa shape index (κ3) is 4.13. The minimum Gasteiger partial charge on any atom is -0.497 e. The second-order valence-corrected chi connectivity index (χ2v) is 7.94. The average Bonchev–Trinajstić information content (AvgIpc) is 2.74. The molecule has 0 saturated carbocycles. The Kier molecular flexibility index (Phi) is 5.78. The molecule has 0 bridgehead atoms. The van der Waals surface area contributed by atoms with Gasteiger partial charge in [-0.3, -0.25) is 4.90 Å². The van der Waals surface area contributed by atoms with E-state index in [1.165, 1.54) is 23.2 Å². The molecule has 0 amide bonds. The Morgan fingerprint density at radius 1 is 1.18 bits per heavy atom. The van der Waals surface area contributed by atoms with E-state index < -0.39 is 0 Å². The van der Waals surface area contributed by atoms with Gasteiger partial charge in [-0.15, -0.1) is 0 Å². The number of likely N-dealkylation sites (tertiary alicyclic amines) is 1. The van der Waals surface area contributed by atoms with E-state index in [0.717, 1.165) is 62.9 Å². The maximum absolute atomic E-state index is 5.58. The van der Waals surface area contributed by atoms with Crippen LogP contribution in [0.2, 0.25) is 0 Å². The summed E-state index contributed by atoms with van der Waals surface area (Å²) in [5.41, 5.74) is 3.73. The molecule has 1 atom stereocenters. The number of hydrogen-bond donors (Lipinski definition) is 0. The summed E-state index contributed by atoms with van der Waals surface area (Å²) in [4.78, 5) is 14.5. The van der Waals surface area contributed by atoms with Crippen LogP contribution in [0.1, 0.15) is 41.4 Å². The van der Waals surface area contributed by atoms with Crippen molar-refractivity contribution in [2.45, 2.75) is 38.3 Å². The standard InChI is InChI=1S/C22H30N4O2/c1-25-10-8-20-18(13-25)12-23-22(24-20)17-5-4-9-26(15-17)14-16-6-7-19(27-2)11-21(16)28-3/h6-7,11-12,17H,4-5,8-10,13-15H2,1-3H3/t17-/m0/s1. The van der Waals surface area contributed by atoms with Crippen molar-refractivity contribution in [3.8, 4) is 11.5 Å². The van der Waals surface area contributed by atoms with Crippen molar-refractivity contribution in [2.24, 2.45) is 0 Å². The Labute approximate surface area is 167 Å². The Hall–Kier alpha value is -2.18. The predicted octanol–water partition coefficient (Wildman–Crippen LogP) is 2.86. The molecule has 1 aromatic carbocycles. The first-order valence-electron chi connectivity index (χ1n) is 10.1. The molecule has 2 aliphatic heterocycles. The Morgan fingerprint density at radius 2 is 2.07 bits per heavy atom. The van der Waals surface area contributed by atoms with Crippen molar-refractivity contribution in [3.05, 3.63) is 47.0 Å². The van der Waals surface area contributed by atoms with E-state index in [2.05, 4.69) is 29.1 Å². The Balaban J connectivity index is 1.46. The number of methoxy groups -OCH3 is 2. The van der Waals surface area contributed by atoms with Crippen LogP contribution in [0.15, 0.2) is 24.4 Å². The molecule has 2 aliphatic rings. The molecule has 3 heterocycles. The van der Waals surface area contributed by atoms with Crippen LogP contribution >= 0.6 is 0 Å². The molecule has 1 fully saturated rings. The number of fused-ring (bicyclic) bond motifs is 1. The van der Waals surface area contributed by atoms with Crippen LogP contribution in [0.3, 0.4) is 0 Å². The molecule has 6 nitrogen and oxygen atoms in total. The van der Waals surface area contributed by atoms with Gasteiger partial charge in [-0.2, -0.15) is 0 Å². The summed E-state index contributed by atoms with van der Waals surface area (Å²) in [6.45, 7) is 5.01. The zero-order valence-corrected chi connectivity index (χ0v) is 17.1. The van der Waals surface area contributed by atoms with E-state index in [9.17, 15) is 0 Å². The molecule has 0 unspecified atom stereocenters. The number of rotatable bonds is 5. The summed E-state index contributed by atoms with van der Waals surface area (Å²) in [5.74, 6) is 3.14. The van der Waals surface area contributed by atoms with E-state index in [4.69, 9.17) is 19.4 Å². The lowest BCUT2D eigenvalue weighted by Crippen LogP contribution is -2.35. The first kappa shape index (κ1) is 19.2. The van der Waals surface area contributed by atoms with E-state index in [-0.39, 0.29) is 0 Å². The summed E-state index contributed by atoms with van der Waals surface area (Å²) in [7, 11) is 5.55. The lowest BCUT2D eigenvalue weighted by Gasteiger charge is -2.33. The highest BCUT2D eigenvalue weighted by atomic mass is 16.5. The fourth-order valence-electron chi connectivity index (χ4n) is 4.30. The molecule has 0 aliphatic carbocycles. The van der Waals surface area contributed by atoms with Gasteiger partial charge in [0.2, 0.25) is 0 Å². The number of ether oxygens (including phenoxy) is 2. The zero-order chi connectivity index (χ0) is 19.5.